The van der Waals surface area contributed by atoms with Crippen molar-refractivity contribution >= 4 is 11.9 Å². The SMILES string of the molecule is C=CCN1CC(C(=O)O)CN(C)C(=O)C1C. The lowest BCUT2D eigenvalue weighted by molar-refractivity contribution is -0.142. The van der Waals surface area contributed by atoms with Crippen molar-refractivity contribution in [2.75, 3.05) is 26.7 Å². The molecule has 0 aliphatic carbocycles. The van der Waals surface area contributed by atoms with Crippen LogP contribution < -0.4 is 0 Å². The topological polar surface area (TPSA) is 60.9 Å². The molecule has 2 unspecified atom stereocenters. The molecule has 0 spiro atoms. The van der Waals surface area contributed by atoms with Crippen molar-refractivity contribution in [3.8, 4) is 0 Å². The van der Waals surface area contributed by atoms with Gasteiger partial charge in [-0.15, -0.1) is 6.58 Å². The van der Waals surface area contributed by atoms with Gasteiger partial charge >= 0.3 is 5.97 Å². The van der Waals surface area contributed by atoms with Crippen molar-refractivity contribution < 1.29 is 14.7 Å². The quantitative estimate of drug-likeness (QED) is 0.690. The van der Waals surface area contributed by atoms with Crippen LogP contribution in [-0.4, -0.2) is 59.5 Å². The molecule has 0 aromatic carbocycles. The average molecular weight is 226 g/mol. The first-order valence-electron chi connectivity index (χ1n) is 5.30. The molecular weight excluding hydrogens is 208 g/mol. The highest BCUT2D eigenvalue weighted by atomic mass is 16.4. The molecule has 0 bridgehead atoms. The number of hydrogen-bond acceptors (Lipinski definition) is 3. The first kappa shape index (κ1) is 12.7. The molecule has 1 amide bonds. The smallest absolute Gasteiger partial charge is 0.309 e. The number of rotatable bonds is 3. The fourth-order valence-electron chi connectivity index (χ4n) is 1.95. The van der Waals surface area contributed by atoms with Gasteiger partial charge < -0.3 is 10.0 Å². The maximum absolute atomic E-state index is 11.9. The van der Waals surface area contributed by atoms with Crippen LogP contribution in [0.15, 0.2) is 12.7 Å². The van der Waals surface area contributed by atoms with E-state index >= 15 is 0 Å². The fraction of sp³-hybridized carbons (Fsp3) is 0.636. The van der Waals surface area contributed by atoms with Crippen LogP contribution in [0.4, 0.5) is 0 Å². The Hall–Kier alpha value is -1.36. The molecule has 90 valence electrons. The summed E-state index contributed by atoms with van der Waals surface area (Å²) in [6, 6.07) is -0.285. The Bertz CT molecular complexity index is 304. The van der Waals surface area contributed by atoms with Crippen LogP contribution in [0.25, 0.3) is 0 Å². The van der Waals surface area contributed by atoms with Gasteiger partial charge in [0.1, 0.15) is 0 Å². The molecule has 1 fully saturated rings. The summed E-state index contributed by atoms with van der Waals surface area (Å²) < 4.78 is 0. The van der Waals surface area contributed by atoms with Gasteiger partial charge in [-0.3, -0.25) is 14.5 Å². The Balaban J connectivity index is 2.88. The number of likely N-dealkylation sites (N-methyl/N-ethyl adjacent to an activating group) is 1. The summed E-state index contributed by atoms with van der Waals surface area (Å²) in [6.07, 6.45) is 1.69. The average Bonchev–Trinajstić information content (AvgIpc) is 2.33. The summed E-state index contributed by atoms with van der Waals surface area (Å²) in [6.45, 7) is 6.61. The molecule has 0 radical (unpaired) electrons. The normalized spacial score (nSPS) is 27.6. The third kappa shape index (κ3) is 2.61. The highest BCUT2D eigenvalue weighted by molar-refractivity contribution is 5.82. The van der Waals surface area contributed by atoms with Gasteiger partial charge in [-0.05, 0) is 6.92 Å². The van der Waals surface area contributed by atoms with E-state index in [1.807, 2.05) is 4.90 Å². The molecule has 1 aliphatic heterocycles. The minimum absolute atomic E-state index is 0.0365. The molecular formula is C11H18N2O3. The van der Waals surface area contributed by atoms with Crippen LogP contribution in [0.5, 0.6) is 0 Å². The Morgan fingerprint density at radius 3 is 2.75 bits per heavy atom. The first-order chi connectivity index (χ1) is 7.47. The van der Waals surface area contributed by atoms with Crippen LogP contribution >= 0.6 is 0 Å². The lowest BCUT2D eigenvalue weighted by Gasteiger charge is -2.25. The molecule has 0 aromatic rings. The summed E-state index contributed by atoms with van der Waals surface area (Å²) in [4.78, 5) is 26.2. The number of carbonyl (C=O) groups excluding carboxylic acids is 1. The first-order valence-corrected chi connectivity index (χ1v) is 5.30. The van der Waals surface area contributed by atoms with Gasteiger partial charge in [0, 0.05) is 26.7 Å². The van der Waals surface area contributed by atoms with Crippen LogP contribution in [0.3, 0.4) is 0 Å². The molecule has 2 atom stereocenters. The van der Waals surface area contributed by atoms with E-state index in [9.17, 15) is 9.59 Å². The van der Waals surface area contributed by atoms with Gasteiger partial charge in [-0.2, -0.15) is 0 Å². The maximum atomic E-state index is 11.9. The molecule has 0 aromatic heterocycles. The standard InChI is InChI=1S/C11H18N2O3/c1-4-5-13-7-9(11(15)16)6-12(3)10(14)8(13)2/h4,8-9H,1,5-7H2,2-3H3,(H,15,16). The van der Waals surface area contributed by atoms with Crippen molar-refractivity contribution in [3.05, 3.63) is 12.7 Å². The van der Waals surface area contributed by atoms with Crippen molar-refractivity contribution in [1.29, 1.82) is 0 Å². The molecule has 1 saturated heterocycles. The number of nitrogens with zero attached hydrogens (tertiary/aromatic N) is 2. The molecule has 5 heteroatoms. The summed E-state index contributed by atoms with van der Waals surface area (Å²) in [5, 5.41) is 9.05. The van der Waals surface area contributed by atoms with Gasteiger partial charge in [-0.1, -0.05) is 6.08 Å². The van der Waals surface area contributed by atoms with E-state index in [0.717, 1.165) is 0 Å². The van der Waals surface area contributed by atoms with E-state index in [0.29, 0.717) is 13.1 Å². The molecule has 1 heterocycles. The number of carboxylic acid groups (broad SMARTS) is 1. The van der Waals surface area contributed by atoms with Crippen LogP contribution in [0.1, 0.15) is 6.92 Å². The monoisotopic (exact) mass is 226 g/mol. The van der Waals surface area contributed by atoms with Crippen molar-refractivity contribution in [2.24, 2.45) is 5.92 Å². The van der Waals surface area contributed by atoms with Gasteiger partial charge in [0.05, 0.1) is 12.0 Å². The van der Waals surface area contributed by atoms with Gasteiger partial charge in [0.25, 0.3) is 0 Å². The zero-order valence-electron chi connectivity index (χ0n) is 9.72. The van der Waals surface area contributed by atoms with Crippen LogP contribution in [0.2, 0.25) is 0 Å². The van der Waals surface area contributed by atoms with Crippen LogP contribution in [-0.2, 0) is 9.59 Å². The second-order valence-corrected chi connectivity index (χ2v) is 4.17. The molecule has 1 N–H and O–H groups in total. The molecule has 0 saturated carbocycles. The third-order valence-electron chi connectivity index (χ3n) is 2.94. The summed E-state index contributed by atoms with van der Waals surface area (Å²) in [5.74, 6) is -1.42. The maximum Gasteiger partial charge on any atom is 0.309 e. The number of carboxylic acids is 1. The van der Waals surface area contributed by atoms with E-state index in [4.69, 9.17) is 5.11 Å². The Morgan fingerprint density at radius 1 is 1.62 bits per heavy atom. The van der Waals surface area contributed by atoms with E-state index in [-0.39, 0.29) is 18.5 Å². The lowest BCUT2D eigenvalue weighted by atomic mass is 10.1. The Kier molecular flexibility index (Phi) is 4.06. The molecule has 16 heavy (non-hydrogen) atoms. The zero-order valence-corrected chi connectivity index (χ0v) is 9.72. The van der Waals surface area contributed by atoms with E-state index in [2.05, 4.69) is 6.58 Å². The van der Waals surface area contributed by atoms with Gasteiger partial charge in [0.2, 0.25) is 5.91 Å². The van der Waals surface area contributed by atoms with Crippen molar-refractivity contribution in [3.63, 3.8) is 0 Å². The predicted molar refractivity (Wildman–Crippen MR) is 60.0 cm³/mol. The number of carbonyl (C=O) groups is 2. The predicted octanol–water partition coefficient (Wildman–Crippen LogP) is 0.0357. The van der Waals surface area contributed by atoms with Crippen molar-refractivity contribution in [1.82, 2.24) is 9.80 Å². The largest absolute Gasteiger partial charge is 0.481 e. The molecule has 5 nitrogen and oxygen atoms in total. The Morgan fingerprint density at radius 2 is 2.25 bits per heavy atom. The van der Waals surface area contributed by atoms with Gasteiger partial charge in [-0.25, -0.2) is 0 Å². The highest BCUT2D eigenvalue weighted by Crippen LogP contribution is 2.14. The summed E-state index contributed by atoms with van der Waals surface area (Å²) in [7, 11) is 1.65. The van der Waals surface area contributed by atoms with E-state index < -0.39 is 11.9 Å². The fourth-order valence-corrected chi connectivity index (χ4v) is 1.95. The zero-order chi connectivity index (χ0) is 12.3. The van der Waals surface area contributed by atoms with Crippen molar-refractivity contribution in [2.45, 2.75) is 13.0 Å². The minimum Gasteiger partial charge on any atom is -0.481 e. The minimum atomic E-state index is -0.859. The highest BCUT2D eigenvalue weighted by Gasteiger charge is 2.34. The third-order valence-corrected chi connectivity index (χ3v) is 2.94. The molecule has 1 aliphatic rings. The number of amides is 1. The second-order valence-electron chi connectivity index (χ2n) is 4.17. The molecule has 1 rings (SSSR count). The summed E-state index contributed by atoms with van der Waals surface area (Å²) >= 11 is 0. The van der Waals surface area contributed by atoms with Crippen LogP contribution in [0, 0.1) is 5.92 Å². The van der Waals surface area contributed by atoms with E-state index in [1.54, 1.807) is 20.0 Å². The second kappa shape index (κ2) is 5.12. The Labute approximate surface area is 95.3 Å². The summed E-state index contributed by atoms with van der Waals surface area (Å²) in [5.41, 5.74) is 0. The lowest BCUT2D eigenvalue weighted by Crippen LogP contribution is -2.42. The number of hydrogen-bond donors (Lipinski definition) is 1. The number of aliphatic carboxylic acids is 1. The van der Waals surface area contributed by atoms with Gasteiger partial charge in [0.15, 0.2) is 0 Å². The van der Waals surface area contributed by atoms with E-state index in [1.165, 1.54) is 4.90 Å².